The minimum Gasteiger partial charge on any atom is -0.494 e. The zero-order valence-electron chi connectivity index (χ0n) is 13.8. The van der Waals surface area contributed by atoms with Gasteiger partial charge in [-0.2, -0.15) is 0 Å². The smallest absolute Gasteiger partial charge is 0.339 e. The van der Waals surface area contributed by atoms with Gasteiger partial charge in [0.25, 0.3) is 0 Å². The summed E-state index contributed by atoms with van der Waals surface area (Å²) in [4.78, 5) is 23.0. The summed E-state index contributed by atoms with van der Waals surface area (Å²) in [6.07, 6.45) is 1.14. The Balaban J connectivity index is 1.89. The molecule has 6 heteroatoms. The monoisotopic (exact) mass is 331 g/mol. The molecule has 6 nitrogen and oxygen atoms in total. The molecule has 0 saturated carbocycles. The van der Waals surface area contributed by atoms with E-state index in [-0.39, 0.29) is 24.4 Å². The van der Waals surface area contributed by atoms with E-state index in [0.717, 1.165) is 17.7 Å². The highest BCUT2D eigenvalue weighted by Gasteiger charge is 2.14. The number of carboxylic acid groups (broad SMARTS) is 1. The highest BCUT2D eigenvalue weighted by Crippen LogP contribution is 2.15. The van der Waals surface area contributed by atoms with Gasteiger partial charge in [-0.05, 0) is 37.1 Å². The maximum absolute atomic E-state index is 12.0. The summed E-state index contributed by atoms with van der Waals surface area (Å²) in [5.74, 6) is 0.270. The third-order valence-corrected chi connectivity index (χ3v) is 3.39. The molecule has 0 aliphatic heterocycles. The minimum atomic E-state index is -1.04. The lowest BCUT2D eigenvalue weighted by Gasteiger charge is -2.07. The van der Waals surface area contributed by atoms with Crippen molar-refractivity contribution in [2.75, 3.05) is 6.61 Å². The fraction of sp³-hybridized carbons (Fsp3) is 0.333. The van der Waals surface area contributed by atoms with Gasteiger partial charge in [-0.1, -0.05) is 19.1 Å². The number of rotatable bonds is 8. The van der Waals surface area contributed by atoms with Gasteiger partial charge < -0.3 is 19.6 Å². The van der Waals surface area contributed by atoms with E-state index in [4.69, 9.17) is 14.3 Å². The predicted octanol–water partition coefficient (Wildman–Crippen LogP) is 2.93. The molecule has 1 amide bonds. The first-order valence-corrected chi connectivity index (χ1v) is 7.80. The van der Waals surface area contributed by atoms with Crippen molar-refractivity contribution in [2.24, 2.45) is 0 Å². The molecule has 0 spiro atoms. The van der Waals surface area contributed by atoms with Crippen LogP contribution in [0.1, 0.15) is 40.8 Å². The van der Waals surface area contributed by atoms with Gasteiger partial charge in [0.1, 0.15) is 22.8 Å². The van der Waals surface area contributed by atoms with Crippen molar-refractivity contribution in [3.05, 3.63) is 53.0 Å². The summed E-state index contributed by atoms with van der Waals surface area (Å²) in [7, 11) is 0. The van der Waals surface area contributed by atoms with Crippen molar-refractivity contribution >= 4 is 11.9 Å². The molecule has 0 aliphatic carbocycles. The summed E-state index contributed by atoms with van der Waals surface area (Å²) in [5.41, 5.74) is 0.961. The number of ether oxygens (including phenoxy) is 1. The molecule has 1 aromatic heterocycles. The van der Waals surface area contributed by atoms with Gasteiger partial charge >= 0.3 is 5.97 Å². The number of carbonyl (C=O) groups is 2. The number of carboxylic acids is 1. The molecular weight excluding hydrogens is 310 g/mol. The van der Waals surface area contributed by atoms with Gasteiger partial charge in [-0.15, -0.1) is 0 Å². The van der Waals surface area contributed by atoms with Gasteiger partial charge in [0.15, 0.2) is 0 Å². The molecule has 0 saturated heterocycles. The number of aryl methyl sites for hydroxylation is 1. The lowest BCUT2D eigenvalue weighted by molar-refractivity contribution is -0.120. The number of hydrogen-bond donors (Lipinski definition) is 2. The molecule has 1 aromatic carbocycles. The normalized spacial score (nSPS) is 10.4. The Hall–Kier alpha value is -2.76. The zero-order chi connectivity index (χ0) is 17.5. The van der Waals surface area contributed by atoms with E-state index in [1.54, 1.807) is 6.92 Å². The topological polar surface area (TPSA) is 88.8 Å². The molecule has 0 radical (unpaired) electrons. The van der Waals surface area contributed by atoms with E-state index < -0.39 is 5.97 Å². The number of amides is 1. The number of furan rings is 1. The lowest BCUT2D eigenvalue weighted by Crippen LogP contribution is -2.24. The van der Waals surface area contributed by atoms with E-state index >= 15 is 0 Å². The summed E-state index contributed by atoms with van der Waals surface area (Å²) in [6, 6.07) is 8.84. The van der Waals surface area contributed by atoms with Crippen LogP contribution in [0.15, 0.2) is 34.7 Å². The quantitative estimate of drug-likeness (QED) is 0.776. The van der Waals surface area contributed by atoms with Gasteiger partial charge in [-0.3, -0.25) is 4.79 Å². The number of nitrogens with one attached hydrogen (secondary N) is 1. The van der Waals surface area contributed by atoms with Crippen LogP contribution in [-0.4, -0.2) is 23.6 Å². The van der Waals surface area contributed by atoms with Crippen LogP contribution in [0, 0.1) is 6.92 Å². The van der Waals surface area contributed by atoms with Crippen molar-refractivity contribution in [1.29, 1.82) is 0 Å². The Morgan fingerprint density at radius 2 is 2.08 bits per heavy atom. The second-order valence-corrected chi connectivity index (χ2v) is 5.44. The first-order valence-electron chi connectivity index (χ1n) is 7.80. The standard InChI is InChI=1S/C18H21NO5/c1-3-7-23-14-6-4-5-13(8-14)9-17(20)19-11-15-10-16(18(21)22)12(2)24-15/h4-6,8,10H,3,7,9,11H2,1-2H3,(H,19,20)(H,21,22). The Morgan fingerprint density at radius 1 is 1.29 bits per heavy atom. The van der Waals surface area contributed by atoms with Gasteiger partial charge in [-0.25, -0.2) is 4.79 Å². The van der Waals surface area contributed by atoms with Crippen LogP contribution in [0.3, 0.4) is 0 Å². The number of carbonyl (C=O) groups excluding carboxylic acids is 1. The third kappa shape index (κ3) is 4.87. The molecule has 0 bridgehead atoms. The Morgan fingerprint density at radius 3 is 2.75 bits per heavy atom. The van der Waals surface area contributed by atoms with Crippen LogP contribution in [0.5, 0.6) is 5.75 Å². The highest BCUT2D eigenvalue weighted by atomic mass is 16.5. The molecule has 0 unspecified atom stereocenters. The molecule has 0 atom stereocenters. The lowest BCUT2D eigenvalue weighted by atomic mass is 10.1. The fourth-order valence-corrected chi connectivity index (χ4v) is 2.24. The Labute approximate surface area is 140 Å². The average molecular weight is 331 g/mol. The van der Waals surface area contributed by atoms with Crippen LogP contribution in [0.4, 0.5) is 0 Å². The van der Waals surface area contributed by atoms with E-state index in [1.807, 2.05) is 31.2 Å². The number of aromatic carboxylic acids is 1. The van der Waals surface area contributed by atoms with Crippen molar-refractivity contribution in [2.45, 2.75) is 33.2 Å². The van der Waals surface area contributed by atoms with E-state index in [2.05, 4.69) is 5.32 Å². The summed E-state index contributed by atoms with van der Waals surface area (Å²) < 4.78 is 10.9. The van der Waals surface area contributed by atoms with Crippen molar-refractivity contribution in [3.8, 4) is 5.75 Å². The second-order valence-electron chi connectivity index (χ2n) is 5.44. The van der Waals surface area contributed by atoms with Crippen molar-refractivity contribution in [1.82, 2.24) is 5.32 Å². The molecule has 24 heavy (non-hydrogen) atoms. The van der Waals surface area contributed by atoms with Crippen LogP contribution in [0.2, 0.25) is 0 Å². The molecule has 128 valence electrons. The summed E-state index contributed by atoms with van der Waals surface area (Å²) in [6.45, 7) is 4.40. The summed E-state index contributed by atoms with van der Waals surface area (Å²) in [5, 5.41) is 11.7. The minimum absolute atomic E-state index is 0.111. The van der Waals surface area contributed by atoms with E-state index in [9.17, 15) is 9.59 Å². The third-order valence-electron chi connectivity index (χ3n) is 3.39. The maximum Gasteiger partial charge on any atom is 0.339 e. The van der Waals surface area contributed by atoms with Gasteiger partial charge in [0.2, 0.25) is 5.91 Å². The number of hydrogen-bond acceptors (Lipinski definition) is 4. The van der Waals surface area contributed by atoms with Crippen molar-refractivity contribution < 1.29 is 23.8 Å². The molecule has 0 aliphatic rings. The Bertz CT molecular complexity index is 720. The molecule has 2 N–H and O–H groups in total. The van der Waals surface area contributed by atoms with E-state index in [0.29, 0.717) is 18.1 Å². The SMILES string of the molecule is CCCOc1cccc(CC(=O)NCc2cc(C(=O)O)c(C)o2)c1. The zero-order valence-corrected chi connectivity index (χ0v) is 13.8. The van der Waals surface area contributed by atoms with Gasteiger partial charge in [0, 0.05) is 0 Å². The van der Waals surface area contributed by atoms with Crippen LogP contribution >= 0.6 is 0 Å². The molecular formula is C18H21NO5. The van der Waals surface area contributed by atoms with Gasteiger partial charge in [0.05, 0.1) is 19.6 Å². The first-order chi connectivity index (χ1) is 11.5. The molecule has 2 aromatic rings. The largest absolute Gasteiger partial charge is 0.494 e. The highest BCUT2D eigenvalue weighted by molar-refractivity contribution is 5.88. The second kappa shape index (κ2) is 8.19. The molecule has 2 rings (SSSR count). The average Bonchev–Trinajstić information content (AvgIpc) is 2.92. The number of benzene rings is 1. The maximum atomic E-state index is 12.0. The predicted molar refractivity (Wildman–Crippen MR) is 88.2 cm³/mol. The van der Waals surface area contributed by atoms with Crippen molar-refractivity contribution in [3.63, 3.8) is 0 Å². The first kappa shape index (κ1) is 17.6. The molecule has 0 fully saturated rings. The summed E-state index contributed by atoms with van der Waals surface area (Å²) >= 11 is 0. The van der Waals surface area contributed by atoms with Crippen LogP contribution in [-0.2, 0) is 17.8 Å². The van der Waals surface area contributed by atoms with Crippen LogP contribution < -0.4 is 10.1 Å². The van der Waals surface area contributed by atoms with Crippen LogP contribution in [0.25, 0.3) is 0 Å². The Kier molecular flexibility index (Phi) is 6.01. The molecule has 1 heterocycles. The fourth-order valence-electron chi connectivity index (χ4n) is 2.24. The van der Waals surface area contributed by atoms with E-state index in [1.165, 1.54) is 6.07 Å².